The van der Waals surface area contributed by atoms with Crippen LogP contribution in [0.4, 0.5) is 0 Å². The highest BCUT2D eigenvalue weighted by Gasteiger charge is 2.50. The number of hydrogen-bond donors (Lipinski definition) is 13. The summed E-state index contributed by atoms with van der Waals surface area (Å²) in [7, 11) is 0. The molecule has 17 nitrogen and oxygen atoms in total. The molecule has 0 aliphatic carbocycles. The zero-order chi connectivity index (χ0) is 26.6. The molecule has 13 N–H and O–H groups in total. The second kappa shape index (κ2) is 13.2. The molecule has 3 rings (SSSR count). The Kier molecular flexibility index (Phi) is 11.5. The lowest BCUT2D eigenvalue weighted by atomic mass is 9.97. The van der Waals surface area contributed by atoms with Crippen molar-refractivity contribution in [3.05, 3.63) is 0 Å². The predicted molar refractivity (Wildman–Crippen MR) is 105 cm³/mol. The molecule has 0 aromatic rings. The van der Waals surface area contributed by atoms with Gasteiger partial charge in [-0.25, -0.2) is 0 Å². The van der Waals surface area contributed by atoms with Gasteiger partial charge in [0.25, 0.3) is 0 Å². The van der Waals surface area contributed by atoms with Crippen LogP contribution in [0, 0.1) is 0 Å². The molecule has 0 saturated carbocycles. The van der Waals surface area contributed by atoms with E-state index in [4.69, 9.17) is 44.8 Å². The van der Waals surface area contributed by atoms with E-state index in [0.717, 1.165) is 0 Å². The first-order chi connectivity index (χ1) is 16.4. The first kappa shape index (κ1) is 30.5. The van der Waals surface area contributed by atoms with Crippen LogP contribution in [0.2, 0.25) is 0 Å². The fourth-order valence-electron chi connectivity index (χ4n) is 3.65. The molecule has 15 atom stereocenters. The van der Waals surface area contributed by atoms with Crippen LogP contribution in [-0.2, 0) is 18.9 Å². The van der Waals surface area contributed by atoms with Gasteiger partial charge in [-0.1, -0.05) is 0 Å². The molecule has 0 aromatic carbocycles. The Morgan fingerprint density at radius 2 is 0.829 bits per heavy atom. The maximum atomic E-state index is 9.94. The minimum absolute atomic E-state index is 0.526. The summed E-state index contributed by atoms with van der Waals surface area (Å²) in [5.74, 6) is 0. The van der Waals surface area contributed by atoms with Gasteiger partial charge in [-0.15, -0.1) is 0 Å². The lowest BCUT2D eigenvalue weighted by molar-refractivity contribution is -0.355. The molecule has 2 unspecified atom stereocenters. The van der Waals surface area contributed by atoms with Crippen molar-refractivity contribution >= 4 is 0 Å². The highest BCUT2D eigenvalue weighted by Crippen LogP contribution is 2.28. The molecule has 0 spiro atoms. The summed E-state index contributed by atoms with van der Waals surface area (Å²) in [6, 6.07) is 0. The van der Waals surface area contributed by atoms with E-state index in [1.165, 1.54) is 0 Å². The van der Waals surface area contributed by atoms with E-state index in [1.54, 1.807) is 0 Å². The minimum Gasteiger partial charge on any atom is -0.394 e. The summed E-state index contributed by atoms with van der Waals surface area (Å²) in [5.41, 5.74) is 0. The number of hydrogen-bond acceptors (Lipinski definition) is 17. The van der Waals surface area contributed by atoms with Crippen LogP contribution in [0.25, 0.3) is 0 Å². The van der Waals surface area contributed by atoms with E-state index in [-0.39, 0.29) is 0 Å². The lowest BCUT2D eigenvalue weighted by Gasteiger charge is -2.45. The molecule has 3 fully saturated rings. The largest absolute Gasteiger partial charge is 0.394 e. The lowest BCUT2D eigenvalue weighted by Crippen LogP contribution is -2.64. The van der Waals surface area contributed by atoms with Crippen LogP contribution in [0.5, 0.6) is 0 Å². The first-order valence-corrected chi connectivity index (χ1v) is 10.6. The highest BCUT2D eigenvalue weighted by atomic mass is 16.7. The molecular formula is C18H34O17. The summed E-state index contributed by atoms with van der Waals surface area (Å²) in [6.45, 7) is -1.87. The smallest absolute Gasteiger partial charge is 0.187 e. The Morgan fingerprint density at radius 1 is 0.429 bits per heavy atom. The summed E-state index contributed by atoms with van der Waals surface area (Å²) >= 11 is 0. The maximum Gasteiger partial charge on any atom is 0.187 e. The zero-order valence-electron chi connectivity index (χ0n) is 18.2. The molecule has 3 saturated heterocycles. The summed E-state index contributed by atoms with van der Waals surface area (Å²) in [4.78, 5) is 0. The van der Waals surface area contributed by atoms with Crippen molar-refractivity contribution < 1.29 is 85.3 Å². The molecule has 0 radical (unpaired) electrons. The summed E-state index contributed by atoms with van der Waals surface area (Å²) in [5, 5.41) is 121. The van der Waals surface area contributed by atoms with Gasteiger partial charge < -0.3 is 85.3 Å². The molecule has 0 aromatic heterocycles. The van der Waals surface area contributed by atoms with Crippen LogP contribution < -0.4 is 0 Å². The van der Waals surface area contributed by atoms with Crippen LogP contribution in [-0.4, -0.2) is 178 Å². The molecule has 35 heavy (non-hydrogen) atoms. The Balaban J connectivity index is 0.000000303. The van der Waals surface area contributed by atoms with Gasteiger partial charge in [-0.05, 0) is 0 Å². The molecule has 3 aliphatic rings. The van der Waals surface area contributed by atoms with Crippen molar-refractivity contribution in [3.8, 4) is 0 Å². The predicted octanol–water partition coefficient (Wildman–Crippen LogP) is -8.62. The van der Waals surface area contributed by atoms with Crippen molar-refractivity contribution in [1.29, 1.82) is 0 Å². The topological polar surface area (TPSA) is 300 Å². The quantitative estimate of drug-likeness (QED) is 0.159. The molecule has 3 aliphatic heterocycles. The van der Waals surface area contributed by atoms with Gasteiger partial charge in [0.2, 0.25) is 0 Å². The number of aliphatic hydroxyl groups excluding tert-OH is 13. The number of rotatable bonds is 5. The van der Waals surface area contributed by atoms with E-state index in [1.807, 2.05) is 0 Å². The van der Waals surface area contributed by atoms with Gasteiger partial charge in [-0.2, -0.15) is 0 Å². The van der Waals surface area contributed by atoms with Crippen LogP contribution in [0.15, 0.2) is 0 Å². The summed E-state index contributed by atoms with van der Waals surface area (Å²) < 4.78 is 19.8. The monoisotopic (exact) mass is 522 g/mol. The number of ether oxygens (including phenoxy) is 4. The maximum absolute atomic E-state index is 9.94. The second-order valence-corrected chi connectivity index (χ2v) is 8.25. The Morgan fingerprint density at radius 3 is 1.31 bits per heavy atom. The van der Waals surface area contributed by atoms with Crippen LogP contribution in [0.3, 0.4) is 0 Å². The van der Waals surface area contributed by atoms with Gasteiger partial charge in [0.15, 0.2) is 18.9 Å². The molecular weight excluding hydrogens is 488 g/mol. The molecule has 208 valence electrons. The van der Waals surface area contributed by atoms with E-state index in [2.05, 4.69) is 4.74 Å². The van der Waals surface area contributed by atoms with Crippen molar-refractivity contribution in [2.75, 3.05) is 19.8 Å². The van der Waals surface area contributed by atoms with E-state index in [9.17, 15) is 35.7 Å². The zero-order valence-corrected chi connectivity index (χ0v) is 18.2. The fourth-order valence-corrected chi connectivity index (χ4v) is 3.65. The van der Waals surface area contributed by atoms with E-state index >= 15 is 0 Å². The standard InChI is InChI=1S/C12H22O11.C6H12O6/c13-1-3-5(15)6(16)9(19)12(22-3)23-10-4(2-14)21-11(20)8(18)7(10)17;7-1-2-3(8)4(9)5(10)6(11)12-2/h3-20H,1-2H2;2-11H,1H2/t3-,4-,5+,6+,7-,8?,9-,10-,11?,12+;2-,3+,4+,5-,6+/m11/s1. The average molecular weight is 522 g/mol. The first-order valence-electron chi connectivity index (χ1n) is 10.6. The van der Waals surface area contributed by atoms with Crippen molar-refractivity contribution in [2.24, 2.45) is 0 Å². The number of aliphatic hydroxyl groups is 13. The average Bonchev–Trinajstić information content (AvgIpc) is 2.85. The van der Waals surface area contributed by atoms with Gasteiger partial charge >= 0.3 is 0 Å². The Hall–Kier alpha value is -0.680. The van der Waals surface area contributed by atoms with Crippen molar-refractivity contribution in [1.82, 2.24) is 0 Å². The SMILES string of the molecule is OC[C@H]1O[C@@H](O[C@H]2[C@H](O)C(O)C(O)O[C@@H]2CO)[C@H](O)[C@@H](O)[C@H]1O.OC[C@H]1O[C@H](O)[C@H](O)[C@@H](O)[C@H]1O. The highest BCUT2D eigenvalue weighted by molar-refractivity contribution is 4.93. The van der Waals surface area contributed by atoms with E-state index in [0.29, 0.717) is 0 Å². The third-order valence-electron chi connectivity index (χ3n) is 5.85. The van der Waals surface area contributed by atoms with Gasteiger partial charge in [0, 0.05) is 0 Å². The van der Waals surface area contributed by atoms with Gasteiger partial charge in [0.05, 0.1) is 19.8 Å². The Bertz CT molecular complexity index is 619. The van der Waals surface area contributed by atoms with Crippen molar-refractivity contribution in [3.63, 3.8) is 0 Å². The third-order valence-corrected chi connectivity index (χ3v) is 5.85. The van der Waals surface area contributed by atoms with Crippen LogP contribution >= 0.6 is 0 Å². The molecule has 0 amide bonds. The third kappa shape index (κ3) is 6.80. The van der Waals surface area contributed by atoms with Gasteiger partial charge in [-0.3, -0.25) is 0 Å². The van der Waals surface area contributed by atoms with Gasteiger partial charge in [0.1, 0.15) is 73.2 Å². The normalized spacial score (nSPS) is 50.8. The summed E-state index contributed by atoms with van der Waals surface area (Å²) in [6.07, 6.45) is -22.6. The molecule has 3 heterocycles. The molecule has 0 bridgehead atoms. The van der Waals surface area contributed by atoms with E-state index < -0.39 is 112 Å². The fraction of sp³-hybridized carbons (Fsp3) is 1.00. The van der Waals surface area contributed by atoms with Crippen LogP contribution in [0.1, 0.15) is 0 Å². The minimum atomic E-state index is -1.74. The van der Waals surface area contributed by atoms with Crippen molar-refractivity contribution in [2.45, 2.75) is 92.1 Å². The Labute approximate surface area is 198 Å². The molecule has 17 heteroatoms. The second-order valence-electron chi connectivity index (χ2n) is 8.25.